The smallest absolute Gasteiger partial charge is 0.0309 e. The summed E-state index contributed by atoms with van der Waals surface area (Å²) in [5, 5.41) is 0. The molecule has 1 atom stereocenters. The van der Waals surface area contributed by atoms with Gasteiger partial charge < -0.3 is 0 Å². The molecule has 0 aromatic heterocycles. The van der Waals surface area contributed by atoms with Crippen molar-refractivity contribution in [1.29, 1.82) is 0 Å². The standard InChI is InChI=1S/C11H22N2/c1-10(2)12-7-8-13-6-4-5-11(13,3)9-12/h10H,4-9H2,1-3H3/t11-/m1/s1. The van der Waals surface area contributed by atoms with E-state index in [0.29, 0.717) is 5.54 Å². The molecule has 0 spiro atoms. The summed E-state index contributed by atoms with van der Waals surface area (Å²) < 4.78 is 0. The first-order valence-corrected chi connectivity index (χ1v) is 5.61. The second-order valence-electron chi connectivity index (χ2n) is 5.15. The third kappa shape index (κ3) is 1.62. The first kappa shape index (κ1) is 9.47. The highest BCUT2D eigenvalue weighted by Gasteiger charge is 2.41. The molecule has 76 valence electrons. The van der Waals surface area contributed by atoms with E-state index in [2.05, 4.69) is 30.6 Å². The lowest BCUT2D eigenvalue weighted by Gasteiger charge is -2.46. The molecule has 2 rings (SSSR count). The van der Waals surface area contributed by atoms with Gasteiger partial charge >= 0.3 is 0 Å². The van der Waals surface area contributed by atoms with E-state index in [1.54, 1.807) is 0 Å². The normalized spacial score (nSPS) is 36.9. The van der Waals surface area contributed by atoms with E-state index in [4.69, 9.17) is 0 Å². The zero-order valence-corrected chi connectivity index (χ0v) is 9.21. The van der Waals surface area contributed by atoms with Crippen LogP contribution in [0, 0.1) is 0 Å². The predicted molar refractivity (Wildman–Crippen MR) is 55.9 cm³/mol. The van der Waals surface area contributed by atoms with Crippen LogP contribution in [0.2, 0.25) is 0 Å². The lowest BCUT2D eigenvalue weighted by molar-refractivity contribution is 0.0244. The highest BCUT2D eigenvalue weighted by Crippen LogP contribution is 2.32. The van der Waals surface area contributed by atoms with Crippen LogP contribution in [0.25, 0.3) is 0 Å². The van der Waals surface area contributed by atoms with Crippen LogP contribution < -0.4 is 0 Å². The van der Waals surface area contributed by atoms with Gasteiger partial charge in [-0.2, -0.15) is 0 Å². The Bertz CT molecular complexity index is 191. The number of rotatable bonds is 1. The zero-order chi connectivity index (χ0) is 9.47. The van der Waals surface area contributed by atoms with Crippen molar-refractivity contribution in [2.75, 3.05) is 26.2 Å². The molecule has 0 amide bonds. The van der Waals surface area contributed by atoms with Crippen LogP contribution in [0.15, 0.2) is 0 Å². The van der Waals surface area contributed by atoms with Gasteiger partial charge in [0.1, 0.15) is 0 Å². The maximum Gasteiger partial charge on any atom is 0.0309 e. The Hall–Kier alpha value is -0.0800. The molecule has 2 aliphatic rings. The maximum absolute atomic E-state index is 2.69. The van der Waals surface area contributed by atoms with E-state index < -0.39 is 0 Å². The van der Waals surface area contributed by atoms with Crippen molar-refractivity contribution in [2.45, 2.75) is 45.2 Å². The summed E-state index contributed by atoms with van der Waals surface area (Å²) in [6.45, 7) is 12.2. The molecule has 0 aromatic carbocycles. The van der Waals surface area contributed by atoms with E-state index in [-0.39, 0.29) is 0 Å². The average Bonchev–Trinajstić information content (AvgIpc) is 2.44. The van der Waals surface area contributed by atoms with Crippen molar-refractivity contribution in [2.24, 2.45) is 0 Å². The minimum atomic E-state index is 0.502. The molecular formula is C11H22N2. The highest BCUT2D eigenvalue weighted by atomic mass is 15.3. The Labute approximate surface area is 81.9 Å². The van der Waals surface area contributed by atoms with E-state index in [0.717, 1.165) is 6.04 Å². The fourth-order valence-corrected chi connectivity index (χ4v) is 2.85. The van der Waals surface area contributed by atoms with Crippen molar-refractivity contribution in [1.82, 2.24) is 9.80 Å². The van der Waals surface area contributed by atoms with Gasteiger partial charge in [0.05, 0.1) is 0 Å². The van der Waals surface area contributed by atoms with Crippen molar-refractivity contribution in [3.63, 3.8) is 0 Å². The number of nitrogens with zero attached hydrogens (tertiary/aromatic N) is 2. The lowest BCUT2D eigenvalue weighted by Crippen LogP contribution is -2.58. The Morgan fingerprint density at radius 2 is 1.92 bits per heavy atom. The molecule has 0 radical (unpaired) electrons. The molecular weight excluding hydrogens is 160 g/mol. The Kier molecular flexibility index (Phi) is 2.37. The summed E-state index contributed by atoms with van der Waals surface area (Å²) in [6.07, 6.45) is 2.80. The molecule has 0 unspecified atom stereocenters. The lowest BCUT2D eigenvalue weighted by atomic mass is 9.95. The first-order chi connectivity index (χ1) is 6.12. The molecule has 0 bridgehead atoms. The molecule has 2 fully saturated rings. The molecule has 0 aliphatic carbocycles. The molecule has 2 heterocycles. The maximum atomic E-state index is 2.69. The van der Waals surface area contributed by atoms with Gasteiger partial charge in [-0.1, -0.05) is 0 Å². The minimum absolute atomic E-state index is 0.502. The van der Waals surface area contributed by atoms with Crippen molar-refractivity contribution >= 4 is 0 Å². The molecule has 2 heteroatoms. The summed E-state index contributed by atoms with van der Waals surface area (Å²) >= 11 is 0. The minimum Gasteiger partial charge on any atom is -0.298 e. The zero-order valence-electron chi connectivity index (χ0n) is 9.21. The van der Waals surface area contributed by atoms with Crippen molar-refractivity contribution in [3.8, 4) is 0 Å². The Morgan fingerprint density at radius 1 is 1.15 bits per heavy atom. The van der Waals surface area contributed by atoms with Gasteiger partial charge in [-0.3, -0.25) is 9.80 Å². The van der Waals surface area contributed by atoms with Gasteiger partial charge in [0.25, 0.3) is 0 Å². The van der Waals surface area contributed by atoms with Crippen LogP contribution >= 0.6 is 0 Å². The second-order valence-corrected chi connectivity index (χ2v) is 5.15. The Balaban J connectivity index is 2.04. The van der Waals surface area contributed by atoms with Crippen LogP contribution in [0.5, 0.6) is 0 Å². The molecule has 2 nitrogen and oxygen atoms in total. The quantitative estimate of drug-likeness (QED) is 0.607. The highest BCUT2D eigenvalue weighted by molar-refractivity contribution is 4.98. The summed E-state index contributed by atoms with van der Waals surface area (Å²) in [5.41, 5.74) is 0.502. The monoisotopic (exact) mass is 182 g/mol. The van der Waals surface area contributed by atoms with Gasteiger partial charge in [-0.05, 0) is 40.2 Å². The molecule has 13 heavy (non-hydrogen) atoms. The van der Waals surface area contributed by atoms with Gasteiger partial charge in [0.15, 0.2) is 0 Å². The fraction of sp³-hybridized carbons (Fsp3) is 1.00. The van der Waals surface area contributed by atoms with Gasteiger partial charge in [0, 0.05) is 31.2 Å². The van der Waals surface area contributed by atoms with E-state index in [1.807, 2.05) is 0 Å². The second kappa shape index (κ2) is 3.25. The summed E-state index contributed by atoms with van der Waals surface area (Å²) in [4.78, 5) is 5.31. The topological polar surface area (TPSA) is 6.48 Å². The summed E-state index contributed by atoms with van der Waals surface area (Å²) in [6, 6.07) is 0.722. The number of fused-ring (bicyclic) bond motifs is 1. The predicted octanol–water partition coefficient (Wildman–Crippen LogP) is 1.56. The molecule has 0 saturated carbocycles. The third-order valence-corrected chi connectivity index (χ3v) is 3.84. The van der Waals surface area contributed by atoms with Crippen LogP contribution in [0.3, 0.4) is 0 Å². The summed E-state index contributed by atoms with van der Waals surface area (Å²) in [5.74, 6) is 0. The average molecular weight is 182 g/mol. The number of piperazine rings is 1. The molecule has 0 aromatic rings. The molecule has 2 aliphatic heterocycles. The largest absolute Gasteiger partial charge is 0.298 e. The number of hydrogen-bond donors (Lipinski definition) is 0. The summed E-state index contributed by atoms with van der Waals surface area (Å²) in [7, 11) is 0. The van der Waals surface area contributed by atoms with E-state index in [1.165, 1.54) is 39.0 Å². The van der Waals surface area contributed by atoms with Crippen LogP contribution in [0.1, 0.15) is 33.6 Å². The third-order valence-electron chi connectivity index (χ3n) is 3.84. The molecule has 0 N–H and O–H groups in total. The van der Waals surface area contributed by atoms with Crippen molar-refractivity contribution in [3.05, 3.63) is 0 Å². The van der Waals surface area contributed by atoms with Crippen LogP contribution in [-0.2, 0) is 0 Å². The van der Waals surface area contributed by atoms with Crippen molar-refractivity contribution < 1.29 is 0 Å². The molecule has 2 saturated heterocycles. The SMILES string of the molecule is CC(C)N1CCN2CCC[C@]2(C)C1. The Morgan fingerprint density at radius 3 is 2.62 bits per heavy atom. The van der Waals surface area contributed by atoms with Gasteiger partial charge in [-0.15, -0.1) is 0 Å². The van der Waals surface area contributed by atoms with E-state index in [9.17, 15) is 0 Å². The number of hydrogen-bond acceptors (Lipinski definition) is 2. The van der Waals surface area contributed by atoms with E-state index >= 15 is 0 Å². The fourth-order valence-electron chi connectivity index (χ4n) is 2.85. The van der Waals surface area contributed by atoms with Crippen LogP contribution in [0.4, 0.5) is 0 Å². The van der Waals surface area contributed by atoms with Gasteiger partial charge in [-0.25, -0.2) is 0 Å². The van der Waals surface area contributed by atoms with Gasteiger partial charge in [0.2, 0.25) is 0 Å². The van der Waals surface area contributed by atoms with Crippen LogP contribution in [-0.4, -0.2) is 47.6 Å². The first-order valence-electron chi connectivity index (χ1n) is 5.61.